The topological polar surface area (TPSA) is 104 Å². The van der Waals surface area contributed by atoms with Crippen LogP contribution >= 0.6 is 24.0 Å². The van der Waals surface area contributed by atoms with Gasteiger partial charge in [-0.05, 0) is 25.0 Å². The van der Waals surface area contributed by atoms with Gasteiger partial charge in [-0.15, -0.1) is 24.0 Å². The van der Waals surface area contributed by atoms with E-state index in [1.807, 2.05) is 19.2 Å². The number of hydrogen-bond acceptors (Lipinski definition) is 6. The molecule has 2 fully saturated rings. The van der Waals surface area contributed by atoms with Crippen molar-refractivity contribution in [3.05, 3.63) is 24.2 Å². The fourth-order valence-electron chi connectivity index (χ4n) is 4.54. The Morgan fingerprint density at radius 3 is 2.74 bits per heavy atom. The number of guanidine groups is 1. The third-order valence-corrected chi connectivity index (χ3v) is 6.20. The fraction of sp³-hybridized carbons (Fsp3) is 0.667. The number of nitrogens with one attached hydrogen (secondary N) is 3. The number of aromatic amines is 1. The fourth-order valence-corrected chi connectivity index (χ4v) is 4.54. The number of ether oxygens (including phenoxy) is 1. The molecule has 4 rings (SSSR count). The first-order valence-electron chi connectivity index (χ1n) is 11.0. The van der Waals surface area contributed by atoms with Crippen molar-refractivity contribution in [2.45, 2.75) is 44.1 Å². The highest BCUT2D eigenvalue weighted by molar-refractivity contribution is 14.0. The Hall–Kier alpha value is -1.66. The van der Waals surface area contributed by atoms with Crippen LogP contribution in [0.25, 0.3) is 11.6 Å². The molecule has 172 valence electrons. The first kappa shape index (κ1) is 24.0. The van der Waals surface area contributed by atoms with Gasteiger partial charge in [0.2, 0.25) is 5.82 Å². The lowest BCUT2D eigenvalue weighted by Crippen LogP contribution is -2.60. The minimum Gasteiger partial charge on any atom is -0.461 e. The molecule has 3 heterocycles. The van der Waals surface area contributed by atoms with E-state index in [9.17, 15) is 0 Å². The second-order valence-corrected chi connectivity index (χ2v) is 8.07. The zero-order chi connectivity index (χ0) is 20.7. The Bertz CT molecular complexity index is 797. The van der Waals surface area contributed by atoms with Crippen LogP contribution in [-0.2, 0) is 11.2 Å². The molecule has 0 aromatic carbocycles. The van der Waals surface area contributed by atoms with Gasteiger partial charge in [0.05, 0.1) is 19.5 Å². The highest BCUT2D eigenvalue weighted by Gasteiger charge is 2.38. The zero-order valence-corrected chi connectivity index (χ0v) is 20.6. The molecule has 2 aromatic heterocycles. The standard InChI is InChI=1S/C21H33N7O2.HI/c1-22-20(23-10-7-18-25-19(27-26-18)17-6-5-13-30-17)24-16-21(8-3-2-4-9-21)28-11-14-29-15-12-28;/h5-6,13H,2-4,7-12,14-16H2,1H3,(H2,22,23,24)(H,25,26,27);1H. The van der Waals surface area contributed by atoms with Gasteiger partial charge in [0.1, 0.15) is 5.82 Å². The van der Waals surface area contributed by atoms with E-state index in [0.29, 0.717) is 11.6 Å². The molecule has 0 amide bonds. The molecule has 0 atom stereocenters. The van der Waals surface area contributed by atoms with Crippen molar-refractivity contribution in [2.75, 3.05) is 46.4 Å². The minimum atomic E-state index is 0. The SMILES string of the molecule is CN=C(NCCc1nc(-c2ccco2)n[nH]1)NCC1(N2CCOCC2)CCCCC1.I. The van der Waals surface area contributed by atoms with Gasteiger partial charge in [-0.2, -0.15) is 5.10 Å². The highest BCUT2D eigenvalue weighted by atomic mass is 127. The summed E-state index contributed by atoms with van der Waals surface area (Å²) in [6.07, 6.45) is 8.77. The van der Waals surface area contributed by atoms with E-state index in [-0.39, 0.29) is 29.5 Å². The van der Waals surface area contributed by atoms with Crippen LogP contribution in [0.15, 0.2) is 27.8 Å². The van der Waals surface area contributed by atoms with Crippen molar-refractivity contribution in [3.63, 3.8) is 0 Å². The molecule has 2 aliphatic rings. The molecule has 9 nitrogen and oxygen atoms in total. The first-order valence-corrected chi connectivity index (χ1v) is 11.0. The van der Waals surface area contributed by atoms with Gasteiger partial charge >= 0.3 is 0 Å². The van der Waals surface area contributed by atoms with Crippen LogP contribution < -0.4 is 10.6 Å². The number of furan rings is 1. The number of aliphatic imine (C=N–C) groups is 1. The van der Waals surface area contributed by atoms with E-state index in [4.69, 9.17) is 9.15 Å². The smallest absolute Gasteiger partial charge is 0.216 e. The Kier molecular flexibility index (Phi) is 9.15. The molecule has 3 N–H and O–H groups in total. The third kappa shape index (κ3) is 6.19. The molecule has 2 aromatic rings. The van der Waals surface area contributed by atoms with E-state index in [2.05, 4.69) is 35.7 Å². The first-order chi connectivity index (χ1) is 14.8. The molecule has 10 heteroatoms. The van der Waals surface area contributed by atoms with Crippen LogP contribution in [0.3, 0.4) is 0 Å². The van der Waals surface area contributed by atoms with E-state index in [1.54, 1.807) is 6.26 Å². The van der Waals surface area contributed by atoms with Gasteiger partial charge in [0.15, 0.2) is 11.7 Å². The number of hydrogen-bond donors (Lipinski definition) is 3. The van der Waals surface area contributed by atoms with Gasteiger partial charge in [-0.25, -0.2) is 4.98 Å². The predicted octanol–water partition coefficient (Wildman–Crippen LogP) is 2.43. The van der Waals surface area contributed by atoms with Gasteiger partial charge in [0, 0.05) is 45.2 Å². The van der Waals surface area contributed by atoms with Crippen molar-refractivity contribution in [3.8, 4) is 11.6 Å². The van der Waals surface area contributed by atoms with Gasteiger partial charge in [0.25, 0.3) is 0 Å². The van der Waals surface area contributed by atoms with Gasteiger partial charge < -0.3 is 19.8 Å². The summed E-state index contributed by atoms with van der Waals surface area (Å²) in [4.78, 5) is 11.5. The van der Waals surface area contributed by atoms with Crippen LogP contribution in [0, 0.1) is 0 Å². The average Bonchev–Trinajstić information content (AvgIpc) is 3.49. The molecule has 31 heavy (non-hydrogen) atoms. The summed E-state index contributed by atoms with van der Waals surface area (Å²) in [6, 6.07) is 3.69. The molecule has 0 unspecified atom stereocenters. The lowest BCUT2D eigenvalue weighted by atomic mass is 9.80. The summed E-state index contributed by atoms with van der Waals surface area (Å²) < 4.78 is 10.9. The summed E-state index contributed by atoms with van der Waals surface area (Å²) in [6.45, 7) is 5.36. The number of rotatable bonds is 7. The monoisotopic (exact) mass is 543 g/mol. The molecule has 0 spiro atoms. The highest BCUT2D eigenvalue weighted by Crippen LogP contribution is 2.33. The van der Waals surface area contributed by atoms with E-state index >= 15 is 0 Å². The number of halogens is 1. The van der Waals surface area contributed by atoms with Crippen LogP contribution in [-0.4, -0.2) is 78.0 Å². The number of morpholine rings is 1. The van der Waals surface area contributed by atoms with Crippen molar-refractivity contribution < 1.29 is 9.15 Å². The van der Waals surface area contributed by atoms with Crippen molar-refractivity contribution in [1.82, 2.24) is 30.7 Å². The quantitative estimate of drug-likeness (QED) is 0.280. The molecule has 1 saturated heterocycles. The molecule has 0 radical (unpaired) electrons. The number of aromatic nitrogens is 3. The van der Waals surface area contributed by atoms with Crippen LogP contribution in [0.5, 0.6) is 0 Å². The summed E-state index contributed by atoms with van der Waals surface area (Å²) in [7, 11) is 1.82. The van der Waals surface area contributed by atoms with E-state index in [0.717, 1.165) is 57.6 Å². The Morgan fingerprint density at radius 1 is 1.23 bits per heavy atom. The molecular formula is C21H34IN7O2. The number of H-pyrrole nitrogens is 1. The van der Waals surface area contributed by atoms with E-state index in [1.165, 1.54) is 32.1 Å². The molecule has 0 bridgehead atoms. The Morgan fingerprint density at radius 2 is 2.03 bits per heavy atom. The van der Waals surface area contributed by atoms with Crippen LogP contribution in [0.4, 0.5) is 0 Å². The van der Waals surface area contributed by atoms with Gasteiger partial charge in [-0.1, -0.05) is 19.3 Å². The largest absolute Gasteiger partial charge is 0.461 e. The maximum Gasteiger partial charge on any atom is 0.216 e. The molecule has 1 saturated carbocycles. The normalized spacial score (nSPS) is 19.6. The predicted molar refractivity (Wildman–Crippen MR) is 131 cm³/mol. The summed E-state index contributed by atoms with van der Waals surface area (Å²) in [5.74, 6) is 2.91. The lowest BCUT2D eigenvalue weighted by Gasteiger charge is -2.48. The average molecular weight is 543 g/mol. The zero-order valence-electron chi connectivity index (χ0n) is 18.2. The van der Waals surface area contributed by atoms with Crippen molar-refractivity contribution >= 4 is 29.9 Å². The summed E-state index contributed by atoms with van der Waals surface area (Å²) >= 11 is 0. The second kappa shape index (κ2) is 11.8. The number of nitrogens with zero attached hydrogens (tertiary/aromatic N) is 4. The molecule has 1 aliphatic heterocycles. The minimum absolute atomic E-state index is 0. The van der Waals surface area contributed by atoms with Crippen LogP contribution in [0.2, 0.25) is 0 Å². The maximum atomic E-state index is 5.58. The lowest BCUT2D eigenvalue weighted by molar-refractivity contribution is -0.0352. The summed E-state index contributed by atoms with van der Waals surface area (Å²) in [5.41, 5.74) is 0.211. The molecular weight excluding hydrogens is 509 g/mol. The summed E-state index contributed by atoms with van der Waals surface area (Å²) in [5, 5.41) is 14.2. The third-order valence-electron chi connectivity index (χ3n) is 6.20. The van der Waals surface area contributed by atoms with Crippen molar-refractivity contribution in [2.24, 2.45) is 4.99 Å². The second-order valence-electron chi connectivity index (χ2n) is 8.07. The van der Waals surface area contributed by atoms with Crippen LogP contribution in [0.1, 0.15) is 37.9 Å². The van der Waals surface area contributed by atoms with E-state index < -0.39 is 0 Å². The Balaban J connectivity index is 0.00000272. The Labute approximate surface area is 200 Å². The molecule has 1 aliphatic carbocycles. The van der Waals surface area contributed by atoms with Gasteiger partial charge in [-0.3, -0.25) is 15.0 Å². The van der Waals surface area contributed by atoms with Crippen molar-refractivity contribution in [1.29, 1.82) is 0 Å². The maximum absolute atomic E-state index is 5.58.